The molecule has 1 atom stereocenters. The second kappa shape index (κ2) is 2.90. The molecule has 1 aliphatic carbocycles. The number of rotatable bonds is 3. The first-order valence-corrected chi connectivity index (χ1v) is 4.53. The third-order valence-electron chi connectivity index (χ3n) is 2.36. The Bertz CT molecular complexity index is 260. The fourth-order valence-electron chi connectivity index (χ4n) is 1.44. The van der Waals surface area contributed by atoms with E-state index in [4.69, 9.17) is 5.73 Å². The van der Waals surface area contributed by atoms with E-state index in [0.29, 0.717) is 0 Å². The standard InChI is InChI=1S/C9H15N3/c1-7(10)9-4-11-6-12(9)5-8-2-3-8/h4,6-8H,2-3,5,10H2,1H3. The Morgan fingerprint density at radius 1 is 1.75 bits per heavy atom. The van der Waals surface area contributed by atoms with Crippen LogP contribution in [0.15, 0.2) is 12.5 Å². The van der Waals surface area contributed by atoms with Crippen LogP contribution in [0.5, 0.6) is 0 Å². The molecule has 1 aromatic heterocycles. The second-order valence-electron chi connectivity index (χ2n) is 3.70. The first-order chi connectivity index (χ1) is 5.77. The van der Waals surface area contributed by atoms with Gasteiger partial charge in [0.25, 0.3) is 0 Å². The van der Waals surface area contributed by atoms with Crippen LogP contribution in [0.2, 0.25) is 0 Å². The van der Waals surface area contributed by atoms with Gasteiger partial charge in [0.05, 0.1) is 12.0 Å². The second-order valence-corrected chi connectivity index (χ2v) is 3.70. The molecule has 1 aliphatic rings. The van der Waals surface area contributed by atoms with E-state index in [0.717, 1.165) is 18.2 Å². The SMILES string of the molecule is CC(N)c1cncn1CC1CC1. The molecule has 0 amide bonds. The lowest BCUT2D eigenvalue weighted by atomic mass is 10.2. The van der Waals surface area contributed by atoms with E-state index in [1.807, 2.05) is 19.4 Å². The lowest BCUT2D eigenvalue weighted by Gasteiger charge is -2.09. The Hall–Kier alpha value is -0.830. The Morgan fingerprint density at radius 3 is 3.08 bits per heavy atom. The summed E-state index contributed by atoms with van der Waals surface area (Å²) in [4.78, 5) is 4.11. The molecular formula is C9H15N3. The highest BCUT2D eigenvalue weighted by Crippen LogP contribution is 2.31. The molecule has 0 aliphatic heterocycles. The normalized spacial score (nSPS) is 19.5. The third kappa shape index (κ3) is 1.50. The molecule has 1 aromatic rings. The molecule has 1 unspecified atom stereocenters. The lowest BCUT2D eigenvalue weighted by Crippen LogP contribution is -2.12. The summed E-state index contributed by atoms with van der Waals surface area (Å²) >= 11 is 0. The van der Waals surface area contributed by atoms with Crippen LogP contribution in [-0.2, 0) is 6.54 Å². The summed E-state index contributed by atoms with van der Waals surface area (Å²) in [7, 11) is 0. The summed E-state index contributed by atoms with van der Waals surface area (Å²) in [5, 5.41) is 0. The van der Waals surface area contributed by atoms with Crippen molar-refractivity contribution in [2.75, 3.05) is 0 Å². The van der Waals surface area contributed by atoms with E-state index >= 15 is 0 Å². The molecule has 66 valence electrons. The molecule has 2 N–H and O–H groups in total. The van der Waals surface area contributed by atoms with Gasteiger partial charge in [0.1, 0.15) is 0 Å². The number of hydrogen-bond acceptors (Lipinski definition) is 2. The summed E-state index contributed by atoms with van der Waals surface area (Å²) < 4.78 is 2.18. The molecule has 0 bridgehead atoms. The van der Waals surface area contributed by atoms with Crippen molar-refractivity contribution in [3.8, 4) is 0 Å². The largest absolute Gasteiger partial charge is 0.333 e. The van der Waals surface area contributed by atoms with E-state index in [1.54, 1.807) is 0 Å². The molecule has 3 heteroatoms. The van der Waals surface area contributed by atoms with Crippen molar-refractivity contribution in [1.29, 1.82) is 0 Å². The summed E-state index contributed by atoms with van der Waals surface area (Å²) in [6.45, 7) is 3.11. The summed E-state index contributed by atoms with van der Waals surface area (Å²) in [5.41, 5.74) is 6.95. The van der Waals surface area contributed by atoms with Crippen molar-refractivity contribution in [3.63, 3.8) is 0 Å². The van der Waals surface area contributed by atoms with Crippen LogP contribution < -0.4 is 5.73 Å². The van der Waals surface area contributed by atoms with Gasteiger partial charge in [-0.1, -0.05) is 0 Å². The minimum Gasteiger partial charge on any atom is -0.333 e. The predicted molar refractivity (Wildman–Crippen MR) is 47.6 cm³/mol. The van der Waals surface area contributed by atoms with Gasteiger partial charge >= 0.3 is 0 Å². The molecule has 1 heterocycles. The van der Waals surface area contributed by atoms with Crippen molar-refractivity contribution in [3.05, 3.63) is 18.2 Å². The van der Waals surface area contributed by atoms with Crippen LogP contribution >= 0.6 is 0 Å². The first kappa shape index (κ1) is 7.80. The molecule has 0 spiro atoms. The maximum Gasteiger partial charge on any atom is 0.0948 e. The number of nitrogens with zero attached hydrogens (tertiary/aromatic N) is 2. The number of imidazole rings is 1. The van der Waals surface area contributed by atoms with Crippen molar-refractivity contribution in [2.45, 2.75) is 32.4 Å². The third-order valence-corrected chi connectivity index (χ3v) is 2.36. The van der Waals surface area contributed by atoms with Gasteiger partial charge in [0, 0.05) is 18.8 Å². The number of hydrogen-bond donors (Lipinski definition) is 1. The Morgan fingerprint density at radius 2 is 2.50 bits per heavy atom. The van der Waals surface area contributed by atoms with Crippen LogP contribution in [0.25, 0.3) is 0 Å². The van der Waals surface area contributed by atoms with Gasteiger partial charge in [-0.3, -0.25) is 0 Å². The van der Waals surface area contributed by atoms with Crippen LogP contribution in [0.3, 0.4) is 0 Å². The molecule has 0 radical (unpaired) electrons. The number of nitrogens with two attached hydrogens (primary N) is 1. The van der Waals surface area contributed by atoms with E-state index in [-0.39, 0.29) is 6.04 Å². The zero-order valence-electron chi connectivity index (χ0n) is 7.40. The van der Waals surface area contributed by atoms with Gasteiger partial charge in [0.2, 0.25) is 0 Å². The molecule has 0 saturated heterocycles. The Balaban J connectivity index is 2.11. The number of aromatic nitrogens is 2. The zero-order chi connectivity index (χ0) is 8.55. The van der Waals surface area contributed by atoms with Crippen LogP contribution in [0.4, 0.5) is 0 Å². The summed E-state index contributed by atoms with van der Waals surface area (Å²) in [6, 6.07) is 0.103. The average molecular weight is 165 g/mol. The molecule has 0 aromatic carbocycles. The van der Waals surface area contributed by atoms with Gasteiger partial charge in [-0.2, -0.15) is 0 Å². The minimum absolute atomic E-state index is 0.103. The van der Waals surface area contributed by atoms with Gasteiger partial charge in [-0.05, 0) is 25.7 Å². The summed E-state index contributed by atoms with van der Waals surface area (Å²) in [5.74, 6) is 0.886. The molecule has 12 heavy (non-hydrogen) atoms. The van der Waals surface area contributed by atoms with Crippen molar-refractivity contribution in [2.24, 2.45) is 11.7 Å². The lowest BCUT2D eigenvalue weighted by molar-refractivity contribution is 0.579. The fourth-order valence-corrected chi connectivity index (χ4v) is 1.44. The smallest absolute Gasteiger partial charge is 0.0948 e. The van der Waals surface area contributed by atoms with Gasteiger partial charge in [-0.15, -0.1) is 0 Å². The van der Waals surface area contributed by atoms with Crippen molar-refractivity contribution < 1.29 is 0 Å². The van der Waals surface area contributed by atoms with Crippen LogP contribution in [0, 0.1) is 5.92 Å². The van der Waals surface area contributed by atoms with E-state index in [1.165, 1.54) is 12.8 Å². The van der Waals surface area contributed by atoms with Gasteiger partial charge < -0.3 is 10.3 Å². The average Bonchev–Trinajstić information content (AvgIpc) is 2.66. The van der Waals surface area contributed by atoms with E-state index in [9.17, 15) is 0 Å². The van der Waals surface area contributed by atoms with Crippen LogP contribution in [-0.4, -0.2) is 9.55 Å². The predicted octanol–water partition coefficient (Wildman–Crippen LogP) is 1.31. The monoisotopic (exact) mass is 165 g/mol. The van der Waals surface area contributed by atoms with Gasteiger partial charge in [0.15, 0.2) is 0 Å². The topological polar surface area (TPSA) is 43.8 Å². The van der Waals surface area contributed by atoms with E-state index in [2.05, 4.69) is 9.55 Å². The summed E-state index contributed by atoms with van der Waals surface area (Å²) in [6.07, 6.45) is 6.50. The van der Waals surface area contributed by atoms with Crippen molar-refractivity contribution >= 4 is 0 Å². The fraction of sp³-hybridized carbons (Fsp3) is 0.667. The van der Waals surface area contributed by atoms with E-state index < -0.39 is 0 Å². The molecule has 1 fully saturated rings. The zero-order valence-corrected chi connectivity index (χ0v) is 7.40. The molecule has 1 saturated carbocycles. The van der Waals surface area contributed by atoms with Crippen LogP contribution in [0.1, 0.15) is 31.5 Å². The Kier molecular flexibility index (Phi) is 1.89. The quantitative estimate of drug-likeness (QED) is 0.734. The Labute approximate surface area is 72.6 Å². The molecular weight excluding hydrogens is 150 g/mol. The first-order valence-electron chi connectivity index (χ1n) is 4.53. The minimum atomic E-state index is 0.103. The maximum atomic E-state index is 5.79. The maximum absolute atomic E-state index is 5.79. The highest BCUT2D eigenvalue weighted by Gasteiger charge is 2.22. The molecule has 2 rings (SSSR count). The molecule has 3 nitrogen and oxygen atoms in total. The van der Waals surface area contributed by atoms with Gasteiger partial charge in [-0.25, -0.2) is 4.98 Å². The van der Waals surface area contributed by atoms with Crippen molar-refractivity contribution in [1.82, 2.24) is 9.55 Å². The highest BCUT2D eigenvalue weighted by molar-refractivity contribution is 5.03. The highest BCUT2D eigenvalue weighted by atomic mass is 15.1.